The summed E-state index contributed by atoms with van der Waals surface area (Å²) in [5.41, 5.74) is 2.41. The Balaban J connectivity index is 1.77. The van der Waals surface area contributed by atoms with E-state index in [1.54, 1.807) is 11.0 Å². The molecule has 6 nitrogen and oxygen atoms in total. The summed E-state index contributed by atoms with van der Waals surface area (Å²) in [6, 6.07) is 12.2. The summed E-state index contributed by atoms with van der Waals surface area (Å²) in [6.07, 6.45) is 3.58. The Labute approximate surface area is 194 Å². The number of likely N-dealkylation sites (tertiary alicyclic amines) is 1. The maximum atomic E-state index is 13.1. The number of fused-ring (bicyclic) bond motifs is 1. The average Bonchev–Trinajstić information content (AvgIpc) is 3.30. The number of hydrogen-bond acceptors (Lipinski definition) is 5. The molecule has 33 heavy (non-hydrogen) atoms. The number of ether oxygens (including phenoxy) is 2. The highest BCUT2D eigenvalue weighted by Gasteiger charge is 2.45. The summed E-state index contributed by atoms with van der Waals surface area (Å²) < 4.78 is 11.3. The zero-order valence-electron chi connectivity index (χ0n) is 19.5. The highest BCUT2D eigenvalue weighted by molar-refractivity contribution is 6.46. The molecule has 0 saturated carbocycles. The summed E-state index contributed by atoms with van der Waals surface area (Å²) in [6.45, 7) is 7.01. The van der Waals surface area contributed by atoms with E-state index in [-0.39, 0.29) is 17.4 Å². The first-order valence-electron chi connectivity index (χ1n) is 11.8. The maximum Gasteiger partial charge on any atom is 0.295 e. The second kappa shape index (κ2) is 9.69. The fraction of sp³-hybridized carbons (Fsp3) is 0.407. The molecule has 2 atom stereocenters. The zero-order chi connectivity index (χ0) is 23.5. The smallest absolute Gasteiger partial charge is 0.295 e. The number of carbonyl (C=O) groups is 2. The van der Waals surface area contributed by atoms with Gasteiger partial charge in [-0.3, -0.25) is 9.59 Å². The molecule has 0 aromatic heterocycles. The summed E-state index contributed by atoms with van der Waals surface area (Å²) in [5.74, 6) is 0.157. The van der Waals surface area contributed by atoms with Crippen molar-refractivity contribution in [1.82, 2.24) is 4.90 Å². The van der Waals surface area contributed by atoms with Gasteiger partial charge in [0.1, 0.15) is 23.4 Å². The number of benzene rings is 2. The molecule has 2 aromatic carbocycles. The minimum Gasteiger partial charge on any atom is -0.507 e. The van der Waals surface area contributed by atoms with Gasteiger partial charge in [-0.15, -0.1) is 0 Å². The van der Waals surface area contributed by atoms with Gasteiger partial charge in [-0.05, 0) is 61.7 Å². The van der Waals surface area contributed by atoms with Crippen LogP contribution in [0, 0.1) is 0 Å². The molecule has 6 heteroatoms. The summed E-state index contributed by atoms with van der Waals surface area (Å²) >= 11 is 0. The van der Waals surface area contributed by atoms with Gasteiger partial charge < -0.3 is 19.5 Å². The number of amides is 1. The molecule has 1 amide bonds. The number of ketones is 1. The standard InChI is InChI=1S/C27H31NO5/c1-4-6-7-14-28-24(18-8-11-21(12-9-18)32-5-2)23(26(30)27(28)31)25(29)19-10-13-22-20(16-19)15-17(3)33-22/h8-13,16-17,24,29H,4-7,14-15H2,1-3H3/b25-23-. The van der Waals surface area contributed by atoms with Crippen LogP contribution in [0.1, 0.15) is 62.8 Å². The molecule has 0 spiro atoms. The molecule has 2 aliphatic heterocycles. The van der Waals surface area contributed by atoms with Crippen LogP contribution in [0.25, 0.3) is 5.76 Å². The van der Waals surface area contributed by atoms with E-state index in [9.17, 15) is 14.7 Å². The predicted molar refractivity (Wildman–Crippen MR) is 126 cm³/mol. The van der Waals surface area contributed by atoms with Crippen molar-refractivity contribution in [2.45, 2.75) is 58.6 Å². The number of aliphatic hydroxyl groups is 1. The molecule has 1 saturated heterocycles. The molecule has 1 N–H and O–H groups in total. The fourth-order valence-corrected chi connectivity index (χ4v) is 4.63. The van der Waals surface area contributed by atoms with Gasteiger partial charge in [-0.25, -0.2) is 0 Å². The third-order valence-corrected chi connectivity index (χ3v) is 6.22. The first-order chi connectivity index (χ1) is 15.9. The monoisotopic (exact) mass is 449 g/mol. The van der Waals surface area contributed by atoms with Crippen LogP contribution in [0.3, 0.4) is 0 Å². The summed E-state index contributed by atoms with van der Waals surface area (Å²) in [7, 11) is 0. The van der Waals surface area contributed by atoms with Gasteiger partial charge in [0.2, 0.25) is 0 Å². The van der Waals surface area contributed by atoms with E-state index >= 15 is 0 Å². The van der Waals surface area contributed by atoms with E-state index in [1.165, 1.54) is 0 Å². The van der Waals surface area contributed by atoms with Gasteiger partial charge in [-0.1, -0.05) is 31.9 Å². The van der Waals surface area contributed by atoms with Crippen LogP contribution in [0.4, 0.5) is 0 Å². The molecule has 174 valence electrons. The average molecular weight is 450 g/mol. The molecule has 1 fully saturated rings. The van der Waals surface area contributed by atoms with Crippen LogP contribution in [0.15, 0.2) is 48.0 Å². The maximum absolute atomic E-state index is 13.1. The van der Waals surface area contributed by atoms with Crippen LogP contribution < -0.4 is 9.47 Å². The lowest BCUT2D eigenvalue weighted by Crippen LogP contribution is -2.30. The van der Waals surface area contributed by atoms with E-state index in [1.807, 2.05) is 50.2 Å². The summed E-state index contributed by atoms with van der Waals surface area (Å²) in [4.78, 5) is 27.8. The van der Waals surface area contributed by atoms with Crippen molar-refractivity contribution < 1.29 is 24.2 Å². The molecule has 2 heterocycles. The van der Waals surface area contributed by atoms with Crippen molar-refractivity contribution in [3.05, 3.63) is 64.7 Å². The Morgan fingerprint density at radius 2 is 1.88 bits per heavy atom. The topological polar surface area (TPSA) is 76.1 Å². The molecular formula is C27H31NO5. The molecular weight excluding hydrogens is 418 g/mol. The highest BCUT2D eigenvalue weighted by atomic mass is 16.5. The number of aliphatic hydroxyl groups excluding tert-OH is 1. The van der Waals surface area contributed by atoms with Crippen molar-refractivity contribution in [1.29, 1.82) is 0 Å². The SMILES string of the molecule is CCCCCN1C(=O)C(=O)/C(=C(\O)c2ccc3c(c2)CC(C)O3)C1c1ccc(OCC)cc1. The number of nitrogens with zero attached hydrogens (tertiary/aromatic N) is 1. The van der Waals surface area contributed by atoms with Gasteiger partial charge in [0, 0.05) is 18.5 Å². The molecule has 4 rings (SSSR count). The lowest BCUT2D eigenvalue weighted by Gasteiger charge is -2.25. The second-order valence-corrected chi connectivity index (χ2v) is 8.66. The first kappa shape index (κ1) is 22.9. The minimum atomic E-state index is -0.645. The number of Topliss-reactive ketones (excluding diaryl/α,β-unsaturated/α-hetero) is 1. The second-order valence-electron chi connectivity index (χ2n) is 8.66. The van der Waals surface area contributed by atoms with Crippen molar-refractivity contribution in [2.75, 3.05) is 13.2 Å². The fourth-order valence-electron chi connectivity index (χ4n) is 4.63. The number of rotatable bonds is 8. The van der Waals surface area contributed by atoms with E-state index in [0.717, 1.165) is 48.3 Å². The third kappa shape index (κ3) is 4.47. The molecule has 0 radical (unpaired) electrons. The van der Waals surface area contributed by atoms with Gasteiger partial charge in [0.05, 0.1) is 18.2 Å². The van der Waals surface area contributed by atoms with Gasteiger partial charge in [0.15, 0.2) is 0 Å². The Morgan fingerprint density at radius 3 is 2.58 bits per heavy atom. The highest BCUT2D eigenvalue weighted by Crippen LogP contribution is 2.41. The van der Waals surface area contributed by atoms with Crippen LogP contribution in [-0.2, 0) is 16.0 Å². The largest absolute Gasteiger partial charge is 0.507 e. The summed E-state index contributed by atoms with van der Waals surface area (Å²) in [5, 5.41) is 11.3. The van der Waals surface area contributed by atoms with Gasteiger partial charge in [-0.2, -0.15) is 0 Å². The Kier molecular flexibility index (Phi) is 6.72. The Bertz CT molecular complexity index is 1070. The van der Waals surface area contributed by atoms with E-state index < -0.39 is 17.7 Å². The number of unbranched alkanes of at least 4 members (excludes halogenated alkanes) is 2. The third-order valence-electron chi connectivity index (χ3n) is 6.22. The quantitative estimate of drug-likeness (QED) is 0.265. The molecule has 0 aliphatic carbocycles. The van der Waals surface area contributed by atoms with Gasteiger partial charge >= 0.3 is 0 Å². The number of carbonyl (C=O) groups excluding carboxylic acids is 2. The molecule has 0 bridgehead atoms. The van der Waals surface area contributed by atoms with Crippen molar-refractivity contribution in [2.24, 2.45) is 0 Å². The van der Waals surface area contributed by atoms with E-state index in [0.29, 0.717) is 18.7 Å². The lowest BCUT2D eigenvalue weighted by atomic mass is 9.94. The minimum absolute atomic E-state index is 0.0744. The molecule has 2 aromatic rings. The van der Waals surface area contributed by atoms with E-state index in [2.05, 4.69) is 6.92 Å². The van der Waals surface area contributed by atoms with Crippen LogP contribution in [0.5, 0.6) is 11.5 Å². The lowest BCUT2D eigenvalue weighted by molar-refractivity contribution is -0.139. The van der Waals surface area contributed by atoms with E-state index in [4.69, 9.17) is 9.47 Å². The van der Waals surface area contributed by atoms with Crippen molar-refractivity contribution in [3.63, 3.8) is 0 Å². The van der Waals surface area contributed by atoms with Crippen molar-refractivity contribution in [3.8, 4) is 11.5 Å². The first-order valence-corrected chi connectivity index (χ1v) is 11.8. The number of hydrogen-bond donors (Lipinski definition) is 1. The Hall–Kier alpha value is -3.28. The molecule has 2 aliphatic rings. The predicted octanol–water partition coefficient (Wildman–Crippen LogP) is 5.02. The zero-order valence-corrected chi connectivity index (χ0v) is 19.5. The Morgan fingerprint density at radius 1 is 1.12 bits per heavy atom. The van der Waals surface area contributed by atoms with Crippen LogP contribution >= 0.6 is 0 Å². The van der Waals surface area contributed by atoms with Crippen LogP contribution in [0.2, 0.25) is 0 Å². The normalized spacial score (nSPS) is 21.2. The molecule has 2 unspecified atom stereocenters. The van der Waals surface area contributed by atoms with Crippen molar-refractivity contribution >= 4 is 17.4 Å². The van der Waals surface area contributed by atoms with Gasteiger partial charge in [0.25, 0.3) is 11.7 Å². The van der Waals surface area contributed by atoms with Crippen LogP contribution in [-0.4, -0.2) is 41.0 Å².